The molecule has 6 heteroatoms. The van der Waals surface area contributed by atoms with Crippen LogP contribution in [0.4, 0.5) is 5.69 Å². The zero-order valence-corrected chi connectivity index (χ0v) is 12.8. The van der Waals surface area contributed by atoms with Crippen LogP contribution in [0.1, 0.15) is 30.2 Å². The van der Waals surface area contributed by atoms with Gasteiger partial charge in [-0.15, -0.1) is 0 Å². The van der Waals surface area contributed by atoms with Crippen LogP contribution in [0.3, 0.4) is 0 Å². The van der Waals surface area contributed by atoms with Gasteiger partial charge in [-0.25, -0.2) is 0 Å². The molecule has 0 fully saturated rings. The zero-order valence-electron chi connectivity index (χ0n) is 12.1. The van der Waals surface area contributed by atoms with E-state index in [0.29, 0.717) is 17.1 Å². The molecule has 2 unspecified atom stereocenters. The maximum atomic E-state index is 10.6. The first-order valence-corrected chi connectivity index (χ1v) is 7.27. The van der Waals surface area contributed by atoms with Crippen molar-refractivity contribution in [3.63, 3.8) is 0 Å². The predicted molar refractivity (Wildman–Crippen MR) is 85.9 cm³/mol. The molecule has 0 bridgehead atoms. The molecule has 2 aromatic rings. The largest absolute Gasteiger partial charge is 0.387 e. The Labute approximate surface area is 133 Å². The molecule has 116 valence electrons. The third-order valence-corrected chi connectivity index (χ3v) is 3.83. The van der Waals surface area contributed by atoms with Gasteiger partial charge in [0.15, 0.2) is 0 Å². The van der Waals surface area contributed by atoms with Crippen molar-refractivity contribution in [2.24, 2.45) is 0 Å². The van der Waals surface area contributed by atoms with Crippen LogP contribution in [0.5, 0.6) is 0 Å². The lowest BCUT2D eigenvalue weighted by Gasteiger charge is -2.18. The summed E-state index contributed by atoms with van der Waals surface area (Å²) >= 11 is 6.05. The van der Waals surface area contributed by atoms with Crippen LogP contribution < -0.4 is 5.32 Å². The fraction of sp³-hybridized carbons (Fsp3) is 0.250. The molecule has 2 aromatic carbocycles. The number of nitrogens with zero attached hydrogens (tertiary/aromatic N) is 1. The molecular formula is C16H17ClN2O3. The SMILES string of the molecule is CC(NCC(O)c1ccccc1Cl)c1ccc([N+](=O)[O-])cc1. The summed E-state index contributed by atoms with van der Waals surface area (Å²) in [6, 6.07) is 13.5. The number of non-ortho nitro benzene ring substituents is 1. The summed E-state index contributed by atoms with van der Waals surface area (Å²) in [5, 5.41) is 24.5. The third-order valence-electron chi connectivity index (χ3n) is 3.49. The van der Waals surface area contributed by atoms with Crippen molar-refractivity contribution in [2.75, 3.05) is 6.54 Å². The first-order valence-electron chi connectivity index (χ1n) is 6.89. The number of hydrogen-bond donors (Lipinski definition) is 2. The molecule has 0 aliphatic heterocycles. The molecule has 2 atom stereocenters. The topological polar surface area (TPSA) is 75.4 Å². The molecule has 0 aliphatic rings. The Hall–Kier alpha value is -1.95. The number of benzene rings is 2. The first kappa shape index (κ1) is 16.4. The lowest BCUT2D eigenvalue weighted by atomic mass is 10.1. The van der Waals surface area contributed by atoms with Gasteiger partial charge >= 0.3 is 0 Å². The first-order chi connectivity index (χ1) is 10.5. The maximum absolute atomic E-state index is 10.6. The minimum absolute atomic E-state index is 0.0436. The Kier molecular flexibility index (Phi) is 5.49. The monoisotopic (exact) mass is 320 g/mol. The molecular weight excluding hydrogens is 304 g/mol. The molecule has 0 aliphatic carbocycles. The van der Waals surface area contributed by atoms with E-state index in [1.54, 1.807) is 24.3 Å². The highest BCUT2D eigenvalue weighted by Crippen LogP contribution is 2.23. The summed E-state index contributed by atoms with van der Waals surface area (Å²) in [5.74, 6) is 0. The number of nitrogens with one attached hydrogen (secondary N) is 1. The van der Waals surface area contributed by atoms with E-state index in [4.69, 9.17) is 11.6 Å². The lowest BCUT2D eigenvalue weighted by Crippen LogP contribution is -2.24. The average Bonchev–Trinajstić information content (AvgIpc) is 2.52. The van der Waals surface area contributed by atoms with Crippen molar-refractivity contribution in [1.29, 1.82) is 0 Å². The van der Waals surface area contributed by atoms with E-state index in [2.05, 4.69) is 5.32 Å². The predicted octanol–water partition coefficient (Wildman–Crippen LogP) is 3.63. The van der Waals surface area contributed by atoms with E-state index in [0.717, 1.165) is 5.56 Å². The number of aliphatic hydroxyl groups excluding tert-OH is 1. The molecule has 0 saturated carbocycles. The van der Waals surface area contributed by atoms with Crippen LogP contribution in [0.2, 0.25) is 5.02 Å². The summed E-state index contributed by atoms with van der Waals surface area (Å²) in [6.45, 7) is 2.27. The van der Waals surface area contributed by atoms with Gasteiger partial charge in [0.25, 0.3) is 5.69 Å². The van der Waals surface area contributed by atoms with Gasteiger partial charge in [-0.2, -0.15) is 0 Å². The molecule has 0 spiro atoms. The average molecular weight is 321 g/mol. The second kappa shape index (κ2) is 7.35. The standard InChI is InChI=1S/C16H17ClN2O3/c1-11(12-6-8-13(9-7-12)19(21)22)18-10-16(20)14-4-2-3-5-15(14)17/h2-9,11,16,18,20H,10H2,1H3. The van der Waals surface area contributed by atoms with Crippen molar-refractivity contribution in [1.82, 2.24) is 5.32 Å². The molecule has 0 heterocycles. The second-order valence-electron chi connectivity index (χ2n) is 5.02. The Morgan fingerprint density at radius 1 is 1.23 bits per heavy atom. The van der Waals surface area contributed by atoms with Gasteiger partial charge in [0.05, 0.1) is 11.0 Å². The van der Waals surface area contributed by atoms with Gasteiger partial charge in [-0.1, -0.05) is 41.9 Å². The van der Waals surface area contributed by atoms with Crippen LogP contribution in [-0.2, 0) is 0 Å². The van der Waals surface area contributed by atoms with Crippen LogP contribution in [0, 0.1) is 10.1 Å². The zero-order chi connectivity index (χ0) is 16.1. The number of nitro groups is 1. The minimum Gasteiger partial charge on any atom is -0.387 e. The van der Waals surface area contributed by atoms with Gasteiger partial charge in [0.1, 0.15) is 0 Å². The van der Waals surface area contributed by atoms with Crippen molar-refractivity contribution in [3.05, 3.63) is 74.8 Å². The number of hydrogen-bond acceptors (Lipinski definition) is 4. The van der Waals surface area contributed by atoms with Gasteiger partial charge in [0, 0.05) is 35.3 Å². The fourth-order valence-corrected chi connectivity index (χ4v) is 2.41. The van der Waals surface area contributed by atoms with Crippen molar-refractivity contribution in [3.8, 4) is 0 Å². The van der Waals surface area contributed by atoms with E-state index >= 15 is 0 Å². The van der Waals surface area contributed by atoms with Crippen molar-refractivity contribution in [2.45, 2.75) is 19.1 Å². The van der Waals surface area contributed by atoms with Gasteiger partial charge in [-0.05, 0) is 18.6 Å². The Morgan fingerprint density at radius 3 is 2.45 bits per heavy atom. The van der Waals surface area contributed by atoms with E-state index in [9.17, 15) is 15.2 Å². The highest BCUT2D eigenvalue weighted by atomic mass is 35.5. The summed E-state index contributed by atoms with van der Waals surface area (Å²) in [7, 11) is 0. The van der Waals surface area contributed by atoms with Crippen molar-refractivity contribution >= 4 is 17.3 Å². The summed E-state index contributed by atoms with van der Waals surface area (Å²) in [5.41, 5.74) is 1.65. The molecule has 0 aromatic heterocycles. The maximum Gasteiger partial charge on any atom is 0.269 e. The highest BCUT2D eigenvalue weighted by Gasteiger charge is 2.13. The molecule has 22 heavy (non-hydrogen) atoms. The molecule has 0 saturated heterocycles. The summed E-state index contributed by atoms with van der Waals surface area (Å²) in [4.78, 5) is 10.2. The third kappa shape index (κ3) is 4.04. The molecule has 2 N–H and O–H groups in total. The normalized spacial score (nSPS) is 13.6. The van der Waals surface area contributed by atoms with Crippen LogP contribution in [0.15, 0.2) is 48.5 Å². The molecule has 2 rings (SSSR count). The summed E-state index contributed by atoms with van der Waals surface area (Å²) < 4.78 is 0. The molecule has 0 radical (unpaired) electrons. The van der Waals surface area contributed by atoms with E-state index in [-0.39, 0.29) is 11.7 Å². The number of nitro benzene ring substituents is 1. The molecule has 0 amide bonds. The number of aliphatic hydroxyl groups is 1. The number of rotatable bonds is 6. The van der Waals surface area contributed by atoms with Gasteiger partial charge in [0.2, 0.25) is 0 Å². The van der Waals surface area contributed by atoms with Crippen LogP contribution >= 0.6 is 11.6 Å². The lowest BCUT2D eigenvalue weighted by molar-refractivity contribution is -0.384. The molecule has 5 nitrogen and oxygen atoms in total. The Balaban J connectivity index is 1.96. The smallest absolute Gasteiger partial charge is 0.269 e. The van der Waals surface area contributed by atoms with Gasteiger partial charge in [-0.3, -0.25) is 10.1 Å². The van der Waals surface area contributed by atoms with E-state index < -0.39 is 11.0 Å². The second-order valence-corrected chi connectivity index (χ2v) is 5.42. The van der Waals surface area contributed by atoms with Crippen molar-refractivity contribution < 1.29 is 10.0 Å². The Morgan fingerprint density at radius 2 is 1.86 bits per heavy atom. The highest BCUT2D eigenvalue weighted by molar-refractivity contribution is 6.31. The Bertz CT molecular complexity index is 646. The van der Waals surface area contributed by atoms with Crippen LogP contribution in [-0.4, -0.2) is 16.6 Å². The fourth-order valence-electron chi connectivity index (χ4n) is 2.15. The van der Waals surface area contributed by atoms with Gasteiger partial charge < -0.3 is 10.4 Å². The van der Waals surface area contributed by atoms with E-state index in [1.165, 1.54) is 12.1 Å². The quantitative estimate of drug-likeness (QED) is 0.629. The van der Waals surface area contributed by atoms with E-state index in [1.807, 2.05) is 19.1 Å². The van der Waals surface area contributed by atoms with Crippen LogP contribution in [0.25, 0.3) is 0 Å². The minimum atomic E-state index is -0.714. The summed E-state index contributed by atoms with van der Waals surface area (Å²) in [6.07, 6.45) is -0.714. The number of halogens is 1.